The van der Waals surface area contributed by atoms with Gasteiger partial charge in [0.25, 0.3) is 0 Å². The third-order valence-corrected chi connectivity index (χ3v) is 1.72. The Morgan fingerprint density at radius 1 is 1.64 bits per heavy atom. The van der Waals surface area contributed by atoms with Crippen molar-refractivity contribution in [3.8, 4) is 11.8 Å². The van der Waals surface area contributed by atoms with Gasteiger partial charge in [-0.25, -0.2) is 4.98 Å². The number of aromatic nitrogens is 1. The molecule has 0 aliphatic heterocycles. The van der Waals surface area contributed by atoms with Crippen molar-refractivity contribution in [1.29, 1.82) is 5.26 Å². The molecule has 0 aliphatic carbocycles. The summed E-state index contributed by atoms with van der Waals surface area (Å²) in [7, 11) is 1.55. The van der Waals surface area contributed by atoms with E-state index >= 15 is 0 Å². The summed E-state index contributed by atoms with van der Waals surface area (Å²) in [5.74, 6) is 0.629. The minimum Gasteiger partial charge on any atom is -0.494 e. The van der Waals surface area contributed by atoms with Crippen LogP contribution in [0.25, 0.3) is 0 Å². The Labute approximate surface area is 72.8 Å². The normalized spacial score (nSPS) is 8.82. The van der Waals surface area contributed by atoms with Crippen LogP contribution in [0, 0.1) is 11.3 Å². The largest absolute Gasteiger partial charge is 0.494 e. The molecule has 1 rings (SSSR count). The zero-order chi connectivity index (χ0) is 8.27. The minimum atomic E-state index is 0.373. The number of nitrogens with zero attached hydrogens (tertiary/aromatic N) is 2. The highest BCUT2D eigenvalue weighted by Gasteiger charge is 2.00. The second kappa shape index (κ2) is 3.35. The summed E-state index contributed by atoms with van der Waals surface area (Å²) in [6.07, 6.45) is 0. The Morgan fingerprint density at radius 3 is 2.82 bits per heavy atom. The van der Waals surface area contributed by atoms with Gasteiger partial charge in [0.2, 0.25) is 0 Å². The van der Waals surface area contributed by atoms with Crippen molar-refractivity contribution in [2.75, 3.05) is 7.11 Å². The maximum absolute atomic E-state index is 8.45. The molecule has 0 amide bonds. The third-order valence-electron chi connectivity index (χ3n) is 1.15. The molecule has 0 aliphatic rings. The Morgan fingerprint density at radius 2 is 2.36 bits per heavy atom. The van der Waals surface area contributed by atoms with Crippen LogP contribution in [0.5, 0.6) is 5.75 Å². The molecule has 11 heavy (non-hydrogen) atoms. The number of hydrogen-bond acceptors (Lipinski definition) is 3. The van der Waals surface area contributed by atoms with Gasteiger partial charge in [-0.3, -0.25) is 0 Å². The molecule has 0 bridgehead atoms. The summed E-state index contributed by atoms with van der Waals surface area (Å²) < 4.78 is 5.48. The van der Waals surface area contributed by atoms with E-state index in [1.165, 1.54) is 0 Å². The fourth-order valence-electron chi connectivity index (χ4n) is 0.636. The fraction of sp³-hybridized carbons (Fsp3) is 0.143. The predicted octanol–water partition coefficient (Wildman–Crippen LogP) is 1.72. The molecule has 0 unspecified atom stereocenters. The number of ether oxygens (including phenoxy) is 1. The first-order chi connectivity index (χ1) is 5.27. The highest BCUT2D eigenvalue weighted by Crippen LogP contribution is 2.21. The summed E-state index contributed by atoms with van der Waals surface area (Å²) in [6, 6.07) is 5.21. The van der Waals surface area contributed by atoms with Gasteiger partial charge in [0.1, 0.15) is 16.4 Å². The topological polar surface area (TPSA) is 45.9 Å². The van der Waals surface area contributed by atoms with E-state index in [0.29, 0.717) is 16.0 Å². The molecule has 0 atom stereocenters. The Hall–Kier alpha value is -1.08. The van der Waals surface area contributed by atoms with Crippen molar-refractivity contribution < 1.29 is 4.74 Å². The number of hydrogen-bond donors (Lipinski definition) is 0. The second-order valence-corrected chi connectivity index (χ2v) is 2.55. The van der Waals surface area contributed by atoms with Gasteiger partial charge < -0.3 is 4.74 Å². The van der Waals surface area contributed by atoms with Crippen LogP contribution in [0.1, 0.15) is 5.69 Å². The van der Waals surface area contributed by atoms with Gasteiger partial charge in [0.15, 0.2) is 5.75 Å². The van der Waals surface area contributed by atoms with E-state index in [4.69, 9.17) is 10.00 Å². The molecule has 3 nitrogen and oxygen atoms in total. The third kappa shape index (κ3) is 1.69. The Balaban J connectivity index is 3.12. The molecule has 0 fully saturated rings. The smallest absolute Gasteiger partial charge is 0.151 e. The van der Waals surface area contributed by atoms with Crippen LogP contribution in [-0.2, 0) is 0 Å². The SMILES string of the molecule is COc1ccc(C#N)nc1Br. The van der Waals surface area contributed by atoms with E-state index < -0.39 is 0 Å². The number of methoxy groups -OCH3 is 1. The second-order valence-electron chi connectivity index (χ2n) is 1.80. The number of rotatable bonds is 1. The van der Waals surface area contributed by atoms with Crippen LogP contribution >= 0.6 is 15.9 Å². The van der Waals surface area contributed by atoms with E-state index in [0.717, 1.165) is 0 Å². The molecular weight excluding hydrogens is 208 g/mol. The molecule has 0 radical (unpaired) electrons. The fourth-order valence-corrected chi connectivity index (χ4v) is 1.12. The lowest BCUT2D eigenvalue weighted by Gasteiger charge is -2.00. The van der Waals surface area contributed by atoms with Gasteiger partial charge in [-0.1, -0.05) is 0 Å². The number of pyridine rings is 1. The quantitative estimate of drug-likeness (QED) is 0.667. The maximum atomic E-state index is 8.45. The van der Waals surface area contributed by atoms with Gasteiger partial charge in [0.05, 0.1) is 7.11 Å². The van der Waals surface area contributed by atoms with Gasteiger partial charge in [-0.05, 0) is 28.1 Å². The van der Waals surface area contributed by atoms with Crippen molar-refractivity contribution >= 4 is 15.9 Å². The first kappa shape index (κ1) is 8.02. The van der Waals surface area contributed by atoms with E-state index in [1.54, 1.807) is 19.2 Å². The van der Waals surface area contributed by atoms with Crippen LogP contribution < -0.4 is 4.74 Å². The molecule has 1 heterocycles. The molecule has 0 N–H and O–H groups in total. The molecule has 0 spiro atoms. The van der Waals surface area contributed by atoms with Crippen LogP contribution in [0.2, 0.25) is 0 Å². The summed E-state index contributed by atoms with van der Waals surface area (Å²) in [6.45, 7) is 0. The van der Waals surface area contributed by atoms with Crippen LogP contribution in [0.3, 0.4) is 0 Å². The van der Waals surface area contributed by atoms with Crippen LogP contribution in [0.15, 0.2) is 16.7 Å². The molecular formula is C7H5BrN2O. The zero-order valence-electron chi connectivity index (χ0n) is 5.84. The van der Waals surface area contributed by atoms with Crippen molar-refractivity contribution in [1.82, 2.24) is 4.98 Å². The van der Waals surface area contributed by atoms with E-state index in [2.05, 4.69) is 20.9 Å². The van der Waals surface area contributed by atoms with Gasteiger partial charge in [-0.2, -0.15) is 5.26 Å². The molecule has 1 aromatic rings. The average Bonchev–Trinajstić information content (AvgIpc) is 2.04. The first-order valence-electron chi connectivity index (χ1n) is 2.88. The number of halogens is 1. The summed E-state index contributed by atoms with van der Waals surface area (Å²) in [5.41, 5.74) is 0.373. The summed E-state index contributed by atoms with van der Waals surface area (Å²) in [5, 5.41) is 8.45. The lowest BCUT2D eigenvalue weighted by atomic mass is 10.4. The van der Waals surface area contributed by atoms with Crippen molar-refractivity contribution in [3.05, 3.63) is 22.4 Å². The van der Waals surface area contributed by atoms with Crippen LogP contribution in [-0.4, -0.2) is 12.1 Å². The molecule has 0 saturated heterocycles. The maximum Gasteiger partial charge on any atom is 0.151 e. The number of nitriles is 1. The Bertz CT molecular complexity index is 306. The lowest BCUT2D eigenvalue weighted by molar-refractivity contribution is 0.409. The van der Waals surface area contributed by atoms with Crippen molar-refractivity contribution in [2.45, 2.75) is 0 Å². The predicted molar refractivity (Wildman–Crippen MR) is 43.2 cm³/mol. The minimum absolute atomic E-state index is 0.373. The highest BCUT2D eigenvalue weighted by atomic mass is 79.9. The molecule has 1 aromatic heterocycles. The monoisotopic (exact) mass is 212 g/mol. The van der Waals surface area contributed by atoms with Crippen LogP contribution in [0.4, 0.5) is 0 Å². The van der Waals surface area contributed by atoms with E-state index in [-0.39, 0.29) is 0 Å². The van der Waals surface area contributed by atoms with E-state index in [9.17, 15) is 0 Å². The first-order valence-corrected chi connectivity index (χ1v) is 3.68. The highest BCUT2D eigenvalue weighted by molar-refractivity contribution is 9.10. The zero-order valence-corrected chi connectivity index (χ0v) is 7.42. The molecule has 4 heteroatoms. The molecule has 0 saturated carbocycles. The molecule has 56 valence electrons. The van der Waals surface area contributed by atoms with Gasteiger partial charge in [0, 0.05) is 0 Å². The van der Waals surface area contributed by atoms with E-state index in [1.807, 2.05) is 6.07 Å². The van der Waals surface area contributed by atoms with Crippen molar-refractivity contribution in [3.63, 3.8) is 0 Å². The van der Waals surface area contributed by atoms with Crippen molar-refractivity contribution in [2.24, 2.45) is 0 Å². The molecule has 0 aromatic carbocycles. The lowest BCUT2D eigenvalue weighted by Crippen LogP contribution is -1.88. The summed E-state index contributed by atoms with van der Waals surface area (Å²) in [4.78, 5) is 3.89. The average molecular weight is 213 g/mol. The Kier molecular flexibility index (Phi) is 2.44. The van der Waals surface area contributed by atoms with Gasteiger partial charge in [-0.15, -0.1) is 0 Å². The standard InChI is InChI=1S/C7H5BrN2O/c1-11-6-3-2-5(4-9)10-7(6)8/h2-3H,1H3. The summed E-state index contributed by atoms with van der Waals surface area (Å²) >= 11 is 3.16. The van der Waals surface area contributed by atoms with Gasteiger partial charge >= 0.3 is 0 Å².